The molecule has 3 heteroatoms. The third-order valence-corrected chi connectivity index (χ3v) is 10.1. The van der Waals surface area contributed by atoms with Crippen LogP contribution in [-0.4, -0.2) is 33.1 Å². The second kappa shape index (κ2) is 11.6. The van der Waals surface area contributed by atoms with E-state index in [4.69, 9.17) is 0 Å². The lowest BCUT2D eigenvalue weighted by Gasteiger charge is -2.44. The van der Waals surface area contributed by atoms with Gasteiger partial charge in [0.1, 0.15) is 0 Å². The molecule has 3 nitrogen and oxygen atoms in total. The van der Waals surface area contributed by atoms with Crippen molar-refractivity contribution in [2.24, 2.45) is 29.1 Å². The van der Waals surface area contributed by atoms with Gasteiger partial charge < -0.3 is 15.3 Å². The van der Waals surface area contributed by atoms with E-state index in [1.54, 1.807) is 5.57 Å². The highest BCUT2D eigenvalue weighted by molar-refractivity contribution is 5.40. The summed E-state index contributed by atoms with van der Waals surface area (Å²) in [6.07, 6.45) is 13.8. The van der Waals surface area contributed by atoms with Crippen LogP contribution in [0.25, 0.3) is 0 Å². The van der Waals surface area contributed by atoms with Crippen molar-refractivity contribution in [2.45, 2.75) is 110 Å². The summed E-state index contributed by atoms with van der Waals surface area (Å²) in [5, 5.41) is 32.1. The highest BCUT2D eigenvalue weighted by Gasteiger charge is 2.50. The summed E-state index contributed by atoms with van der Waals surface area (Å²) in [4.78, 5) is 0. The number of hydrogen-bond acceptors (Lipinski definition) is 3. The first-order chi connectivity index (χ1) is 17.5. The quantitative estimate of drug-likeness (QED) is 0.350. The number of benzene rings is 1. The molecule has 3 N–H and O–H groups in total. The maximum Gasteiger partial charge on any atom is 0.0843 e. The molecule has 0 saturated heterocycles. The Balaban J connectivity index is 1.43. The van der Waals surface area contributed by atoms with E-state index in [-0.39, 0.29) is 5.92 Å². The lowest BCUT2D eigenvalue weighted by molar-refractivity contribution is 0.0187. The van der Waals surface area contributed by atoms with Crippen LogP contribution in [-0.2, 0) is 6.42 Å². The zero-order chi connectivity index (χ0) is 26.8. The normalized spacial score (nSPS) is 35.6. The van der Waals surface area contributed by atoms with Gasteiger partial charge in [-0.2, -0.15) is 0 Å². The van der Waals surface area contributed by atoms with Gasteiger partial charge in [-0.25, -0.2) is 0 Å². The van der Waals surface area contributed by atoms with Crippen LogP contribution in [0.1, 0.15) is 91.0 Å². The van der Waals surface area contributed by atoms with E-state index >= 15 is 0 Å². The van der Waals surface area contributed by atoms with Crippen molar-refractivity contribution < 1.29 is 15.3 Å². The van der Waals surface area contributed by atoms with Crippen LogP contribution in [0, 0.1) is 29.1 Å². The molecule has 7 atom stereocenters. The molecule has 0 aliphatic heterocycles. The summed E-state index contributed by atoms with van der Waals surface area (Å²) in [6.45, 7) is 13.0. The first-order valence-corrected chi connectivity index (χ1v) is 14.7. The largest absolute Gasteiger partial charge is 0.392 e. The Kier molecular flexibility index (Phi) is 8.88. The first-order valence-electron chi connectivity index (χ1n) is 14.7. The molecule has 1 aromatic rings. The second-order valence-electron chi connectivity index (χ2n) is 13.3. The molecule has 37 heavy (non-hydrogen) atoms. The third-order valence-electron chi connectivity index (χ3n) is 10.1. The van der Waals surface area contributed by atoms with Crippen molar-refractivity contribution in [2.75, 3.05) is 0 Å². The number of allylic oxidation sites excluding steroid dienone is 3. The number of fused-ring (bicyclic) bond motifs is 1. The van der Waals surface area contributed by atoms with Gasteiger partial charge in [0.05, 0.1) is 17.8 Å². The number of aliphatic hydroxyl groups excluding tert-OH is 2. The van der Waals surface area contributed by atoms with Gasteiger partial charge in [-0.05, 0) is 105 Å². The summed E-state index contributed by atoms with van der Waals surface area (Å²) >= 11 is 0. The number of hydrogen-bond donors (Lipinski definition) is 3. The average molecular weight is 507 g/mol. The lowest BCUT2D eigenvalue weighted by atomic mass is 9.60. The Labute approximate surface area is 225 Å². The highest BCUT2D eigenvalue weighted by Crippen LogP contribution is 2.60. The Hall–Kier alpha value is -1.68. The molecule has 0 aromatic heterocycles. The third kappa shape index (κ3) is 6.49. The van der Waals surface area contributed by atoms with E-state index in [0.717, 1.165) is 41.9 Å². The van der Waals surface area contributed by atoms with Gasteiger partial charge in [0.2, 0.25) is 0 Å². The fraction of sp³-hybridized carbons (Fsp3) is 0.647. The molecule has 0 spiro atoms. The Morgan fingerprint density at radius 2 is 1.86 bits per heavy atom. The highest BCUT2D eigenvalue weighted by atomic mass is 16.3. The van der Waals surface area contributed by atoms with Gasteiger partial charge in [0.25, 0.3) is 0 Å². The minimum absolute atomic E-state index is 0.217. The molecular weight excluding hydrogens is 456 g/mol. The smallest absolute Gasteiger partial charge is 0.0843 e. The van der Waals surface area contributed by atoms with Crippen molar-refractivity contribution in [3.63, 3.8) is 0 Å². The minimum atomic E-state index is -0.717. The zero-order valence-electron chi connectivity index (χ0n) is 23.6. The monoisotopic (exact) mass is 506 g/mol. The maximum absolute atomic E-state index is 11.0. The molecule has 0 amide bonds. The Bertz CT molecular complexity index is 984. The van der Waals surface area contributed by atoms with Gasteiger partial charge in [-0.15, -0.1) is 0 Å². The van der Waals surface area contributed by atoms with E-state index in [9.17, 15) is 15.3 Å². The molecular formula is C34H50O3. The predicted octanol–water partition coefficient (Wildman–Crippen LogP) is 7.17. The second-order valence-corrected chi connectivity index (χ2v) is 13.3. The maximum atomic E-state index is 11.0. The molecule has 0 bridgehead atoms. The van der Waals surface area contributed by atoms with Crippen LogP contribution >= 0.6 is 0 Å². The molecule has 1 aromatic carbocycles. The lowest BCUT2D eigenvalue weighted by Crippen LogP contribution is -2.39. The summed E-state index contributed by atoms with van der Waals surface area (Å²) < 4.78 is 0. The van der Waals surface area contributed by atoms with E-state index in [0.29, 0.717) is 30.1 Å². The summed E-state index contributed by atoms with van der Waals surface area (Å²) in [6, 6.07) is 10.1. The first kappa shape index (κ1) is 28.3. The Morgan fingerprint density at radius 1 is 1.14 bits per heavy atom. The van der Waals surface area contributed by atoms with E-state index in [2.05, 4.69) is 44.7 Å². The van der Waals surface area contributed by atoms with Gasteiger partial charge in [0.15, 0.2) is 0 Å². The molecule has 0 radical (unpaired) electrons. The summed E-state index contributed by atoms with van der Waals surface area (Å²) in [5.41, 5.74) is 4.24. The van der Waals surface area contributed by atoms with Crippen molar-refractivity contribution in [1.82, 2.24) is 0 Å². The fourth-order valence-electron chi connectivity index (χ4n) is 7.96. The molecule has 3 fully saturated rings. The van der Waals surface area contributed by atoms with Crippen LogP contribution in [0.3, 0.4) is 0 Å². The topological polar surface area (TPSA) is 60.7 Å². The summed E-state index contributed by atoms with van der Waals surface area (Å²) in [5.74, 6) is 1.83. The number of aliphatic hydroxyl groups is 3. The van der Waals surface area contributed by atoms with Crippen LogP contribution in [0.15, 0.2) is 65.8 Å². The van der Waals surface area contributed by atoms with Crippen molar-refractivity contribution in [3.8, 4) is 0 Å². The fourth-order valence-corrected chi connectivity index (χ4v) is 7.96. The van der Waals surface area contributed by atoms with Crippen molar-refractivity contribution in [1.29, 1.82) is 0 Å². The molecule has 4 rings (SSSR count). The molecule has 3 aliphatic carbocycles. The standard InChI is InChI=1S/C34H50O3/c1-23(11-9-19-33(3,4)37)29-17-18-30-26(14-10-20-34(29,30)5)15-16-27-22-31(35)28(32(36)24(27)2)21-25-12-7-6-8-13-25/h6-8,12-13,15-16,23,28-32,35-37H,2,9-11,14,17-22H2,1,3-5H3/b26-15+,27-16-/t23-,28+,29-,30?,31+,32-,34-/m1/s1. The van der Waals surface area contributed by atoms with Gasteiger partial charge in [0, 0.05) is 5.92 Å². The molecule has 3 saturated carbocycles. The van der Waals surface area contributed by atoms with Crippen LogP contribution in [0.2, 0.25) is 0 Å². The van der Waals surface area contributed by atoms with Crippen LogP contribution in [0.4, 0.5) is 0 Å². The van der Waals surface area contributed by atoms with Gasteiger partial charge in [-0.1, -0.05) is 81.3 Å². The number of rotatable bonds is 8. The molecule has 3 aliphatic rings. The average Bonchev–Trinajstić information content (AvgIpc) is 3.20. The minimum Gasteiger partial charge on any atom is -0.392 e. The van der Waals surface area contributed by atoms with Crippen LogP contribution < -0.4 is 0 Å². The van der Waals surface area contributed by atoms with Crippen molar-refractivity contribution in [3.05, 3.63) is 71.3 Å². The van der Waals surface area contributed by atoms with Crippen LogP contribution in [0.5, 0.6) is 0 Å². The molecule has 1 unspecified atom stereocenters. The van der Waals surface area contributed by atoms with Gasteiger partial charge in [-0.3, -0.25) is 0 Å². The van der Waals surface area contributed by atoms with E-state index < -0.39 is 17.8 Å². The molecule has 204 valence electrons. The van der Waals surface area contributed by atoms with Gasteiger partial charge >= 0.3 is 0 Å². The predicted molar refractivity (Wildman–Crippen MR) is 153 cm³/mol. The SMILES string of the molecule is C=C1/C(=C\C=C2/CCC[C@@]3(C)C2CC[C@@H]3[C@H](C)CCCC(C)(C)O)C[C@H](O)[C@H](Cc2ccccc2)[C@@H]1O. The van der Waals surface area contributed by atoms with E-state index in [1.165, 1.54) is 32.1 Å². The van der Waals surface area contributed by atoms with Crippen molar-refractivity contribution >= 4 is 0 Å². The Morgan fingerprint density at radius 3 is 2.57 bits per heavy atom. The summed E-state index contributed by atoms with van der Waals surface area (Å²) in [7, 11) is 0. The zero-order valence-corrected chi connectivity index (χ0v) is 23.6. The molecule has 0 heterocycles. The van der Waals surface area contributed by atoms with E-state index in [1.807, 2.05) is 32.0 Å².